The number of aromatic nitrogens is 2. The fourth-order valence-electron chi connectivity index (χ4n) is 2.01. The first-order valence-corrected chi connectivity index (χ1v) is 9.02. The Hall–Kier alpha value is -0.820. The maximum atomic E-state index is 6.02. The van der Waals surface area contributed by atoms with E-state index in [0.717, 1.165) is 27.3 Å². The van der Waals surface area contributed by atoms with Crippen molar-refractivity contribution in [3.05, 3.63) is 44.9 Å². The van der Waals surface area contributed by atoms with Gasteiger partial charge in [0.15, 0.2) is 0 Å². The van der Waals surface area contributed by atoms with Gasteiger partial charge in [0.05, 0.1) is 15.0 Å². The normalized spacial score (nSPS) is 11.1. The van der Waals surface area contributed by atoms with Gasteiger partial charge in [0.25, 0.3) is 0 Å². The van der Waals surface area contributed by atoms with E-state index in [0.29, 0.717) is 11.7 Å². The van der Waals surface area contributed by atoms with Crippen LogP contribution in [0.5, 0.6) is 0 Å². The van der Waals surface area contributed by atoms with Crippen molar-refractivity contribution < 1.29 is 0 Å². The van der Waals surface area contributed by atoms with Crippen molar-refractivity contribution in [3.8, 4) is 0 Å². The Morgan fingerprint density at radius 3 is 2.71 bits per heavy atom. The second-order valence-electron chi connectivity index (χ2n) is 5.49. The number of nitrogen functional groups attached to an aromatic ring is 1. The van der Waals surface area contributed by atoms with E-state index >= 15 is 0 Å². The summed E-state index contributed by atoms with van der Waals surface area (Å²) in [6, 6.07) is 8.47. The number of hydrogen-bond acceptors (Lipinski definition) is 4. The summed E-state index contributed by atoms with van der Waals surface area (Å²) in [6.45, 7) is 6.48. The number of aryl methyl sites for hydroxylation is 1. The number of thioether (sulfide) groups is 1. The van der Waals surface area contributed by atoms with Crippen LogP contribution in [-0.2, 0) is 12.2 Å². The van der Waals surface area contributed by atoms with E-state index in [1.165, 1.54) is 10.5 Å². The van der Waals surface area contributed by atoms with Crippen LogP contribution < -0.4 is 5.73 Å². The van der Waals surface area contributed by atoms with Crippen LogP contribution in [-0.4, -0.2) is 9.97 Å². The van der Waals surface area contributed by atoms with E-state index in [1.807, 2.05) is 0 Å². The van der Waals surface area contributed by atoms with Gasteiger partial charge >= 0.3 is 0 Å². The molecular formula is C16H20IN3S. The second-order valence-corrected chi connectivity index (χ2v) is 7.62. The molecule has 0 aliphatic heterocycles. The van der Waals surface area contributed by atoms with Crippen LogP contribution in [0.15, 0.2) is 29.2 Å². The van der Waals surface area contributed by atoms with Gasteiger partial charge in [0.1, 0.15) is 11.6 Å². The first kappa shape index (κ1) is 16.5. The minimum Gasteiger partial charge on any atom is -0.383 e. The summed E-state index contributed by atoms with van der Waals surface area (Å²) in [7, 11) is 0. The zero-order chi connectivity index (χ0) is 15.4. The molecule has 0 aliphatic rings. The number of halogens is 1. The third kappa shape index (κ3) is 4.85. The molecule has 21 heavy (non-hydrogen) atoms. The van der Waals surface area contributed by atoms with Crippen molar-refractivity contribution in [2.45, 2.75) is 37.8 Å². The molecule has 1 heterocycles. The molecule has 5 heteroatoms. The summed E-state index contributed by atoms with van der Waals surface area (Å²) >= 11 is 3.99. The maximum absolute atomic E-state index is 6.02. The quantitative estimate of drug-likeness (QED) is 0.581. The highest BCUT2D eigenvalue weighted by atomic mass is 127. The van der Waals surface area contributed by atoms with E-state index in [1.54, 1.807) is 11.8 Å². The lowest BCUT2D eigenvalue weighted by atomic mass is 10.1. The van der Waals surface area contributed by atoms with Crippen LogP contribution >= 0.6 is 34.4 Å². The molecule has 2 aromatic rings. The molecule has 0 bridgehead atoms. The molecule has 112 valence electrons. The van der Waals surface area contributed by atoms with Crippen LogP contribution in [0.4, 0.5) is 5.82 Å². The Balaban J connectivity index is 2.14. The summed E-state index contributed by atoms with van der Waals surface area (Å²) in [4.78, 5) is 10.3. The second kappa shape index (κ2) is 7.45. The van der Waals surface area contributed by atoms with Crippen LogP contribution in [0.3, 0.4) is 0 Å². The predicted octanol–water partition coefficient (Wildman–Crippen LogP) is 4.46. The van der Waals surface area contributed by atoms with Gasteiger partial charge in [-0.25, -0.2) is 9.97 Å². The topological polar surface area (TPSA) is 51.8 Å². The molecule has 0 aliphatic carbocycles. The molecule has 1 aromatic heterocycles. The average molecular weight is 413 g/mol. The summed E-state index contributed by atoms with van der Waals surface area (Å²) in [5, 5.41) is 0. The van der Waals surface area contributed by atoms with Crippen molar-refractivity contribution in [2.75, 3.05) is 5.73 Å². The third-order valence-corrected chi connectivity index (χ3v) is 5.12. The van der Waals surface area contributed by atoms with E-state index in [4.69, 9.17) is 10.7 Å². The molecule has 0 saturated heterocycles. The monoisotopic (exact) mass is 413 g/mol. The predicted molar refractivity (Wildman–Crippen MR) is 98.4 cm³/mol. The Morgan fingerprint density at radius 2 is 2.05 bits per heavy atom. The van der Waals surface area contributed by atoms with Gasteiger partial charge in [0.2, 0.25) is 0 Å². The first-order chi connectivity index (χ1) is 9.95. The third-order valence-electron chi connectivity index (χ3n) is 2.95. The molecule has 0 amide bonds. The molecule has 0 radical (unpaired) electrons. The summed E-state index contributed by atoms with van der Waals surface area (Å²) in [5.41, 5.74) is 8.36. The first-order valence-electron chi connectivity index (χ1n) is 6.96. The summed E-state index contributed by atoms with van der Waals surface area (Å²) < 4.78 is 0.991. The largest absolute Gasteiger partial charge is 0.383 e. The lowest BCUT2D eigenvalue weighted by Gasteiger charge is -2.11. The lowest BCUT2D eigenvalue weighted by molar-refractivity contribution is 0.629. The molecule has 2 rings (SSSR count). The van der Waals surface area contributed by atoms with E-state index < -0.39 is 0 Å². The van der Waals surface area contributed by atoms with Gasteiger partial charge in [-0.3, -0.25) is 0 Å². The minimum atomic E-state index is 0.560. The molecular weight excluding hydrogens is 393 g/mol. The van der Waals surface area contributed by atoms with Gasteiger partial charge in [0, 0.05) is 4.90 Å². The standard InChI is InChI=1S/C16H20IN3S/c1-10(2)7-13-15(17)16(18)20-14(19-13)9-21-12-6-4-5-11(3)8-12/h4-6,8,10H,7,9H2,1-3H3,(H2,18,19,20). The highest BCUT2D eigenvalue weighted by molar-refractivity contribution is 14.1. The van der Waals surface area contributed by atoms with Crippen molar-refractivity contribution >= 4 is 40.2 Å². The van der Waals surface area contributed by atoms with Gasteiger partial charge in [-0.05, 0) is 54.0 Å². The van der Waals surface area contributed by atoms with Gasteiger partial charge in [-0.15, -0.1) is 11.8 Å². The van der Waals surface area contributed by atoms with Gasteiger partial charge < -0.3 is 5.73 Å². The van der Waals surface area contributed by atoms with Crippen molar-refractivity contribution in [1.29, 1.82) is 0 Å². The zero-order valence-electron chi connectivity index (χ0n) is 12.6. The van der Waals surface area contributed by atoms with Gasteiger partial charge in [-0.2, -0.15) is 0 Å². The molecule has 3 nitrogen and oxygen atoms in total. The molecule has 1 aromatic carbocycles. The van der Waals surface area contributed by atoms with Crippen LogP contribution in [0.25, 0.3) is 0 Å². The molecule has 0 atom stereocenters. The average Bonchev–Trinajstić information content (AvgIpc) is 2.41. The number of nitrogens with two attached hydrogens (primary N) is 1. The lowest BCUT2D eigenvalue weighted by Crippen LogP contribution is -2.09. The van der Waals surface area contributed by atoms with E-state index in [-0.39, 0.29) is 0 Å². The SMILES string of the molecule is Cc1cccc(SCc2nc(N)c(I)c(CC(C)C)n2)c1. The summed E-state index contributed by atoms with van der Waals surface area (Å²) in [5.74, 6) is 2.72. The maximum Gasteiger partial charge on any atom is 0.141 e. The van der Waals surface area contributed by atoms with Crippen molar-refractivity contribution in [1.82, 2.24) is 9.97 Å². The highest BCUT2D eigenvalue weighted by Crippen LogP contribution is 2.25. The van der Waals surface area contributed by atoms with Crippen LogP contribution in [0.2, 0.25) is 0 Å². The fourth-order valence-corrected chi connectivity index (χ4v) is 3.34. The number of rotatable bonds is 5. The van der Waals surface area contributed by atoms with Crippen molar-refractivity contribution in [3.63, 3.8) is 0 Å². The molecule has 0 unspecified atom stereocenters. The Morgan fingerprint density at radius 1 is 1.29 bits per heavy atom. The summed E-state index contributed by atoms with van der Waals surface area (Å²) in [6.07, 6.45) is 0.938. The zero-order valence-corrected chi connectivity index (χ0v) is 15.5. The van der Waals surface area contributed by atoms with E-state index in [2.05, 4.69) is 72.6 Å². The fraction of sp³-hybridized carbons (Fsp3) is 0.375. The molecule has 0 spiro atoms. The Kier molecular flexibility index (Phi) is 5.87. The number of nitrogens with zero attached hydrogens (tertiary/aromatic N) is 2. The molecule has 0 saturated carbocycles. The molecule has 0 fully saturated rings. The van der Waals surface area contributed by atoms with Crippen molar-refractivity contribution in [2.24, 2.45) is 5.92 Å². The van der Waals surface area contributed by atoms with Crippen LogP contribution in [0.1, 0.15) is 30.9 Å². The minimum absolute atomic E-state index is 0.560. The Labute approximate surface area is 144 Å². The smallest absolute Gasteiger partial charge is 0.141 e. The highest BCUT2D eigenvalue weighted by Gasteiger charge is 2.11. The number of benzene rings is 1. The number of hydrogen-bond donors (Lipinski definition) is 1. The molecule has 2 N–H and O–H groups in total. The van der Waals surface area contributed by atoms with Gasteiger partial charge in [-0.1, -0.05) is 31.5 Å². The van der Waals surface area contributed by atoms with E-state index in [9.17, 15) is 0 Å². The Bertz CT molecular complexity index is 629. The number of anilines is 1. The van der Waals surface area contributed by atoms with Crippen LogP contribution in [0, 0.1) is 16.4 Å².